The first-order valence-corrected chi connectivity index (χ1v) is 5.30. The van der Waals surface area contributed by atoms with Crippen LogP contribution in [0, 0.1) is 0 Å². The zero-order valence-electron chi connectivity index (χ0n) is 6.99. The summed E-state index contributed by atoms with van der Waals surface area (Å²) in [6.45, 7) is 1.38. The third-order valence-electron chi connectivity index (χ3n) is 1.16. The molecule has 0 bridgehead atoms. The zero-order chi connectivity index (χ0) is 9.68. The van der Waals surface area contributed by atoms with Crippen LogP contribution >= 0.6 is 28.0 Å². The maximum Gasteiger partial charge on any atom is 0.314 e. The van der Waals surface area contributed by atoms with Crippen LogP contribution in [0.5, 0.6) is 0 Å². The van der Waals surface area contributed by atoms with Crippen LogP contribution in [0.4, 0.5) is 0 Å². The van der Waals surface area contributed by atoms with Crippen molar-refractivity contribution in [1.29, 1.82) is 0 Å². The molecule has 1 aromatic rings. The molecule has 1 rings (SSSR count). The van der Waals surface area contributed by atoms with Gasteiger partial charge in [-0.3, -0.25) is 4.79 Å². The molecule has 0 spiro atoms. The largest absolute Gasteiger partial charge is 0.391 e. The Labute approximate surface area is 89.2 Å². The molecule has 70 valence electrons. The number of carbonyl (C=O) groups excluding carboxylic acids is 1. The van der Waals surface area contributed by atoms with Crippen molar-refractivity contribution in [2.75, 3.05) is 0 Å². The van der Waals surface area contributed by atoms with Gasteiger partial charge in [0.25, 0.3) is 0 Å². The van der Waals surface area contributed by atoms with Gasteiger partial charge >= 0.3 is 5.97 Å². The minimum Gasteiger partial charge on any atom is -0.391 e. The van der Waals surface area contributed by atoms with Gasteiger partial charge in [-0.2, -0.15) is 0 Å². The molecule has 1 aromatic heterocycles. The third-order valence-corrected chi connectivity index (χ3v) is 2.36. The van der Waals surface area contributed by atoms with Crippen molar-refractivity contribution in [2.45, 2.75) is 12.7 Å². The summed E-state index contributed by atoms with van der Waals surface area (Å²) in [6, 6.07) is 5.61. The lowest BCUT2D eigenvalue weighted by molar-refractivity contribution is -0.130. The van der Waals surface area contributed by atoms with Gasteiger partial charge in [-0.1, -0.05) is 6.07 Å². The summed E-state index contributed by atoms with van der Waals surface area (Å²) < 4.78 is 5.49. The predicted molar refractivity (Wildman–Crippen MR) is 55.0 cm³/mol. The Kier molecular flexibility index (Phi) is 4.24. The van der Waals surface area contributed by atoms with Gasteiger partial charge < -0.3 is 4.18 Å². The molecule has 0 amide bonds. The Morgan fingerprint density at radius 2 is 2.46 bits per heavy atom. The van der Waals surface area contributed by atoms with Gasteiger partial charge in [0.2, 0.25) is 0 Å². The molecule has 0 atom stereocenters. The molecule has 1 heterocycles. The van der Waals surface area contributed by atoms with E-state index in [4.69, 9.17) is 4.18 Å². The number of nitrogens with zero attached hydrogens (tertiary/aromatic N) is 1. The highest BCUT2D eigenvalue weighted by Crippen LogP contribution is 2.13. The van der Waals surface area contributed by atoms with Crippen LogP contribution in [0.3, 0.4) is 0 Å². The first-order valence-electron chi connectivity index (χ1n) is 3.60. The molecule has 0 aliphatic carbocycles. The van der Waals surface area contributed by atoms with E-state index < -0.39 is 0 Å². The molecule has 0 unspecified atom stereocenters. The number of halogens is 1. The van der Waals surface area contributed by atoms with Crippen molar-refractivity contribution in [2.24, 2.45) is 0 Å². The smallest absolute Gasteiger partial charge is 0.314 e. The number of carbonyl (C=O) groups is 1. The Morgan fingerprint density at radius 3 is 3.08 bits per heavy atom. The highest BCUT2D eigenvalue weighted by Gasteiger charge is 1.98. The summed E-state index contributed by atoms with van der Waals surface area (Å²) >= 11 is 4.35. The predicted octanol–water partition coefficient (Wildman–Crippen LogP) is 2.56. The zero-order valence-corrected chi connectivity index (χ0v) is 9.39. The maximum absolute atomic E-state index is 10.4. The van der Waals surface area contributed by atoms with Gasteiger partial charge in [0.1, 0.15) is 4.60 Å². The molecule has 0 aliphatic rings. The Morgan fingerprint density at radius 1 is 1.69 bits per heavy atom. The van der Waals surface area contributed by atoms with Crippen LogP contribution in [-0.4, -0.2) is 11.0 Å². The molecule has 0 fully saturated rings. The highest BCUT2D eigenvalue weighted by molar-refractivity contribution is 9.10. The molecule has 0 saturated carbocycles. The molecule has 0 aromatic carbocycles. The Hall–Kier alpha value is -0.550. The fraction of sp³-hybridized carbons (Fsp3) is 0.250. The lowest BCUT2D eigenvalue weighted by Crippen LogP contribution is -1.92. The first-order chi connectivity index (χ1) is 6.18. The number of hydrogen-bond acceptors (Lipinski definition) is 4. The van der Waals surface area contributed by atoms with E-state index >= 15 is 0 Å². The summed E-state index contributed by atoms with van der Waals surface area (Å²) in [4.78, 5) is 14.6. The molecule has 0 radical (unpaired) electrons. The van der Waals surface area contributed by atoms with Crippen LogP contribution in [0.1, 0.15) is 12.6 Å². The van der Waals surface area contributed by atoms with Crippen LogP contribution in [0.25, 0.3) is 0 Å². The summed E-state index contributed by atoms with van der Waals surface area (Å²) in [6.07, 6.45) is 0. The van der Waals surface area contributed by atoms with Crippen molar-refractivity contribution in [3.05, 3.63) is 28.5 Å². The van der Waals surface area contributed by atoms with E-state index in [0.29, 0.717) is 5.75 Å². The van der Waals surface area contributed by atoms with Crippen LogP contribution in [0.2, 0.25) is 0 Å². The van der Waals surface area contributed by atoms with E-state index in [-0.39, 0.29) is 5.97 Å². The number of pyridine rings is 1. The molecule has 13 heavy (non-hydrogen) atoms. The number of rotatable bonds is 3. The minimum absolute atomic E-state index is 0.292. The molecule has 0 saturated heterocycles. The van der Waals surface area contributed by atoms with Crippen LogP contribution < -0.4 is 0 Å². The van der Waals surface area contributed by atoms with Crippen molar-refractivity contribution in [1.82, 2.24) is 4.98 Å². The molecular formula is C8H8BrNO2S. The summed E-state index contributed by atoms with van der Waals surface area (Å²) in [5.41, 5.74) is 0.876. The van der Waals surface area contributed by atoms with Crippen molar-refractivity contribution < 1.29 is 8.98 Å². The Balaban J connectivity index is 2.41. The second-order valence-corrected chi connectivity index (χ2v) is 3.79. The highest BCUT2D eigenvalue weighted by atomic mass is 79.9. The lowest BCUT2D eigenvalue weighted by atomic mass is 10.4. The lowest BCUT2D eigenvalue weighted by Gasteiger charge is -1.99. The van der Waals surface area contributed by atoms with Gasteiger partial charge in [0, 0.05) is 6.92 Å². The topological polar surface area (TPSA) is 39.2 Å². The van der Waals surface area contributed by atoms with Gasteiger partial charge in [0.05, 0.1) is 23.5 Å². The molecular weight excluding hydrogens is 254 g/mol. The quantitative estimate of drug-likeness (QED) is 0.620. The second kappa shape index (κ2) is 5.24. The van der Waals surface area contributed by atoms with Gasteiger partial charge in [-0.05, 0) is 28.1 Å². The average Bonchev–Trinajstić information content (AvgIpc) is 2.03. The fourth-order valence-electron chi connectivity index (χ4n) is 0.704. The summed E-state index contributed by atoms with van der Waals surface area (Å²) in [5, 5.41) is 0. The Bertz CT molecular complexity index is 306. The van der Waals surface area contributed by atoms with Crippen LogP contribution in [0.15, 0.2) is 22.8 Å². The molecule has 0 aliphatic heterocycles. The van der Waals surface area contributed by atoms with E-state index in [1.165, 1.54) is 6.92 Å². The molecule has 3 nitrogen and oxygen atoms in total. The van der Waals surface area contributed by atoms with Gasteiger partial charge in [-0.25, -0.2) is 4.98 Å². The standard InChI is InChI=1S/C8H8BrNO2S/c1-6(11)12-13-5-7-3-2-4-8(9)10-7/h2-4H,5H2,1H3. The van der Waals surface area contributed by atoms with Crippen molar-refractivity contribution >= 4 is 33.9 Å². The summed E-state index contributed by atoms with van der Waals surface area (Å²) in [7, 11) is 0. The van der Waals surface area contributed by atoms with E-state index in [1.807, 2.05) is 18.2 Å². The van der Waals surface area contributed by atoms with Crippen molar-refractivity contribution in [3.63, 3.8) is 0 Å². The van der Waals surface area contributed by atoms with Crippen molar-refractivity contribution in [3.8, 4) is 0 Å². The van der Waals surface area contributed by atoms with Gasteiger partial charge in [-0.15, -0.1) is 0 Å². The SMILES string of the molecule is CC(=O)OSCc1cccc(Br)n1. The van der Waals surface area contributed by atoms with E-state index in [2.05, 4.69) is 20.9 Å². The first kappa shape index (κ1) is 10.5. The third kappa shape index (κ3) is 4.28. The minimum atomic E-state index is -0.292. The molecule has 5 heteroatoms. The monoisotopic (exact) mass is 261 g/mol. The summed E-state index contributed by atoms with van der Waals surface area (Å²) in [5.74, 6) is 0.277. The number of aromatic nitrogens is 1. The van der Waals surface area contributed by atoms with E-state index in [9.17, 15) is 4.79 Å². The number of hydrogen-bond donors (Lipinski definition) is 0. The second-order valence-electron chi connectivity index (χ2n) is 2.29. The van der Waals surface area contributed by atoms with E-state index in [0.717, 1.165) is 22.3 Å². The van der Waals surface area contributed by atoms with Crippen LogP contribution in [-0.2, 0) is 14.7 Å². The fourth-order valence-corrected chi connectivity index (χ4v) is 1.59. The normalized spacial score (nSPS) is 9.69. The van der Waals surface area contributed by atoms with E-state index in [1.54, 1.807) is 0 Å². The maximum atomic E-state index is 10.4. The van der Waals surface area contributed by atoms with Gasteiger partial charge in [0.15, 0.2) is 0 Å². The molecule has 0 N–H and O–H groups in total. The average molecular weight is 262 g/mol.